The molecule has 3 atom stereocenters. The van der Waals surface area contributed by atoms with Gasteiger partial charge in [0.2, 0.25) is 5.91 Å². The number of rotatable bonds is 4. The summed E-state index contributed by atoms with van der Waals surface area (Å²) < 4.78 is 0. The molecular weight excluding hydrogens is 208 g/mol. The van der Waals surface area contributed by atoms with Gasteiger partial charge in [-0.15, -0.1) is 0 Å². The summed E-state index contributed by atoms with van der Waals surface area (Å²) >= 11 is 1.87. The van der Waals surface area contributed by atoms with Gasteiger partial charge in [0, 0.05) is 23.8 Å². The topological polar surface area (TPSA) is 55.1 Å². The molecule has 3 N–H and O–H groups in total. The van der Waals surface area contributed by atoms with Gasteiger partial charge in [0.1, 0.15) is 0 Å². The van der Waals surface area contributed by atoms with Crippen LogP contribution in [0.3, 0.4) is 0 Å². The highest BCUT2D eigenvalue weighted by Crippen LogP contribution is 2.27. The Kier molecular flexibility index (Phi) is 5.47. The van der Waals surface area contributed by atoms with Crippen molar-refractivity contribution in [2.45, 2.75) is 43.9 Å². The van der Waals surface area contributed by atoms with E-state index in [-0.39, 0.29) is 11.8 Å². The van der Waals surface area contributed by atoms with Crippen LogP contribution >= 0.6 is 11.8 Å². The van der Waals surface area contributed by atoms with Crippen LogP contribution in [0.5, 0.6) is 0 Å². The summed E-state index contributed by atoms with van der Waals surface area (Å²) in [5, 5.41) is 3.72. The van der Waals surface area contributed by atoms with Gasteiger partial charge >= 0.3 is 0 Å². The smallest absolute Gasteiger partial charge is 0.224 e. The third-order valence-corrected chi connectivity index (χ3v) is 4.30. The molecule has 1 amide bonds. The first-order chi connectivity index (χ1) is 7.19. The van der Waals surface area contributed by atoms with Crippen molar-refractivity contribution >= 4 is 17.7 Å². The summed E-state index contributed by atoms with van der Waals surface area (Å²) in [5.41, 5.74) is 5.48. The monoisotopic (exact) mass is 230 g/mol. The highest BCUT2D eigenvalue weighted by Gasteiger charge is 2.26. The lowest BCUT2D eigenvalue weighted by Gasteiger charge is -2.31. The van der Waals surface area contributed by atoms with Gasteiger partial charge in [-0.3, -0.25) is 4.79 Å². The maximum Gasteiger partial charge on any atom is 0.224 e. The Balaban J connectivity index is 2.44. The number of nitrogens with one attached hydrogen (secondary N) is 1. The Bertz CT molecular complexity index is 211. The number of carbonyl (C=O) groups is 1. The molecule has 1 aliphatic carbocycles. The SMILES string of the molecule is CSC1CCCCC1NC(=O)C(C)CN. The maximum atomic E-state index is 11.7. The molecule has 3 nitrogen and oxygen atoms in total. The molecule has 0 aromatic heterocycles. The molecule has 0 spiro atoms. The van der Waals surface area contributed by atoms with Crippen LogP contribution in [0.2, 0.25) is 0 Å². The van der Waals surface area contributed by atoms with Crippen molar-refractivity contribution in [3.8, 4) is 0 Å². The van der Waals surface area contributed by atoms with Crippen LogP contribution in [-0.4, -0.2) is 30.0 Å². The van der Waals surface area contributed by atoms with E-state index >= 15 is 0 Å². The first-order valence-corrected chi connectivity index (χ1v) is 7.01. The number of amides is 1. The molecule has 0 radical (unpaired) electrons. The zero-order valence-corrected chi connectivity index (χ0v) is 10.5. The Morgan fingerprint density at radius 3 is 2.80 bits per heavy atom. The molecule has 3 unspecified atom stereocenters. The lowest BCUT2D eigenvalue weighted by molar-refractivity contribution is -0.125. The molecule has 0 aromatic rings. The van der Waals surface area contributed by atoms with Gasteiger partial charge in [-0.2, -0.15) is 11.8 Å². The average Bonchev–Trinajstić information content (AvgIpc) is 2.28. The minimum Gasteiger partial charge on any atom is -0.352 e. The fourth-order valence-corrected chi connectivity index (χ4v) is 2.91. The standard InChI is InChI=1S/C11H22N2OS/c1-8(7-12)11(14)13-9-5-3-4-6-10(9)15-2/h8-10H,3-7,12H2,1-2H3,(H,13,14). The second-order valence-corrected chi connectivity index (χ2v) is 5.39. The number of hydrogen-bond acceptors (Lipinski definition) is 3. The first-order valence-electron chi connectivity index (χ1n) is 5.72. The summed E-state index contributed by atoms with van der Waals surface area (Å²) in [5.74, 6) is 0.0536. The highest BCUT2D eigenvalue weighted by atomic mass is 32.2. The number of thioether (sulfide) groups is 1. The van der Waals surface area contributed by atoms with Crippen molar-refractivity contribution in [3.63, 3.8) is 0 Å². The quantitative estimate of drug-likeness (QED) is 0.767. The number of nitrogens with two attached hydrogens (primary N) is 1. The van der Waals surface area contributed by atoms with Gasteiger partial charge in [0.25, 0.3) is 0 Å². The predicted molar refractivity (Wildman–Crippen MR) is 65.9 cm³/mol. The van der Waals surface area contributed by atoms with Crippen LogP contribution in [0.4, 0.5) is 0 Å². The van der Waals surface area contributed by atoms with Gasteiger partial charge < -0.3 is 11.1 Å². The van der Waals surface area contributed by atoms with E-state index in [1.807, 2.05) is 18.7 Å². The molecule has 1 rings (SSSR count). The van der Waals surface area contributed by atoms with E-state index in [0.717, 1.165) is 6.42 Å². The zero-order valence-electron chi connectivity index (χ0n) is 9.66. The average molecular weight is 230 g/mol. The fourth-order valence-electron chi connectivity index (χ4n) is 1.98. The Morgan fingerprint density at radius 1 is 1.53 bits per heavy atom. The van der Waals surface area contributed by atoms with E-state index in [1.54, 1.807) is 0 Å². The summed E-state index contributed by atoms with van der Waals surface area (Å²) in [6.45, 7) is 2.31. The first kappa shape index (κ1) is 12.8. The molecule has 15 heavy (non-hydrogen) atoms. The highest BCUT2D eigenvalue weighted by molar-refractivity contribution is 7.99. The van der Waals surface area contributed by atoms with Crippen LogP contribution < -0.4 is 11.1 Å². The van der Waals surface area contributed by atoms with E-state index in [2.05, 4.69) is 11.6 Å². The molecule has 1 saturated carbocycles. The van der Waals surface area contributed by atoms with Crippen molar-refractivity contribution < 1.29 is 4.79 Å². The van der Waals surface area contributed by atoms with E-state index in [9.17, 15) is 4.79 Å². The maximum absolute atomic E-state index is 11.7. The molecule has 88 valence electrons. The molecule has 1 aliphatic rings. The second-order valence-electron chi connectivity index (χ2n) is 4.31. The predicted octanol–water partition coefficient (Wildman–Crippen LogP) is 1.37. The van der Waals surface area contributed by atoms with E-state index < -0.39 is 0 Å². The third kappa shape index (κ3) is 3.68. The van der Waals surface area contributed by atoms with Crippen LogP contribution in [0.1, 0.15) is 32.6 Å². The van der Waals surface area contributed by atoms with Gasteiger partial charge in [-0.1, -0.05) is 19.8 Å². The summed E-state index contributed by atoms with van der Waals surface area (Å²) in [6.07, 6.45) is 7.00. The van der Waals surface area contributed by atoms with E-state index in [0.29, 0.717) is 17.8 Å². The zero-order chi connectivity index (χ0) is 11.3. The summed E-state index contributed by atoms with van der Waals surface area (Å²) in [6, 6.07) is 0.357. The van der Waals surface area contributed by atoms with Crippen molar-refractivity contribution in [1.29, 1.82) is 0 Å². The Labute approximate surface area is 96.6 Å². The van der Waals surface area contributed by atoms with Crippen LogP contribution in [0, 0.1) is 5.92 Å². The normalized spacial score (nSPS) is 28.5. The van der Waals surface area contributed by atoms with Gasteiger partial charge in [-0.05, 0) is 19.1 Å². The molecule has 1 fully saturated rings. The van der Waals surface area contributed by atoms with E-state index in [4.69, 9.17) is 5.73 Å². The largest absolute Gasteiger partial charge is 0.352 e. The van der Waals surface area contributed by atoms with Crippen LogP contribution in [0.25, 0.3) is 0 Å². The molecular formula is C11H22N2OS. The minimum absolute atomic E-state index is 0.0607. The van der Waals surface area contributed by atoms with Crippen molar-refractivity contribution in [2.24, 2.45) is 11.7 Å². The molecule has 0 aliphatic heterocycles. The van der Waals surface area contributed by atoms with Crippen LogP contribution in [0.15, 0.2) is 0 Å². The molecule has 0 aromatic carbocycles. The second kappa shape index (κ2) is 6.38. The van der Waals surface area contributed by atoms with E-state index in [1.165, 1.54) is 19.3 Å². The van der Waals surface area contributed by atoms with Crippen molar-refractivity contribution in [2.75, 3.05) is 12.8 Å². The summed E-state index contributed by atoms with van der Waals surface area (Å²) in [7, 11) is 0. The van der Waals surface area contributed by atoms with Gasteiger partial charge in [0.05, 0.1) is 0 Å². The minimum atomic E-state index is -0.0607. The lowest BCUT2D eigenvalue weighted by Crippen LogP contribution is -2.46. The summed E-state index contributed by atoms with van der Waals surface area (Å²) in [4.78, 5) is 11.7. The third-order valence-electron chi connectivity index (χ3n) is 3.13. The van der Waals surface area contributed by atoms with Gasteiger partial charge in [0.15, 0.2) is 0 Å². The molecule has 0 bridgehead atoms. The Morgan fingerprint density at radius 2 is 2.20 bits per heavy atom. The lowest BCUT2D eigenvalue weighted by atomic mass is 9.94. The van der Waals surface area contributed by atoms with Crippen molar-refractivity contribution in [1.82, 2.24) is 5.32 Å². The number of carbonyl (C=O) groups excluding carboxylic acids is 1. The molecule has 4 heteroatoms. The Hall–Kier alpha value is -0.220. The van der Waals surface area contributed by atoms with Gasteiger partial charge in [-0.25, -0.2) is 0 Å². The fraction of sp³-hybridized carbons (Fsp3) is 0.909. The van der Waals surface area contributed by atoms with Crippen LogP contribution in [-0.2, 0) is 4.79 Å². The number of hydrogen-bond donors (Lipinski definition) is 2. The molecule has 0 heterocycles. The molecule has 0 saturated heterocycles. The van der Waals surface area contributed by atoms with Crippen molar-refractivity contribution in [3.05, 3.63) is 0 Å².